The second kappa shape index (κ2) is 4.63. The van der Waals surface area contributed by atoms with E-state index in [-0.39, 0.29) is 0 Å². The maximum absolute atomic E-state index is 10.2. The number of aliphatic hydroxyl groups is 2. The van der Waals surface area contributed by atoms with E-state index in [2.05, 4.69) is 27.7 Å². The van der Waals surface area contributed by atoms with E-state index in [1.165, 1.54) is 0 Å². The van der Waals surface area contributed by atoms with E-state index in [0.717, 1.165) is 0 Å². The van der Waals surface area contributed by atoms with Gasteiger partial charge < -0.3 is 10.2 Å². The van der Waals surface area contributed by atoms with Crippen LogP contribution in [0.3, 0.4) is 0 Å². The largest absolute Gasteiger partial charge is 0.387 e. The van der Waals surface area contributed by atoms with Crippen molar-refractivity contribution in [1.82, 2.24) is 0 Å². The van der Waals surface area contributed by atoms with Crippen LogP contribution in [0.5, 0.6) is 0 Å². The quantitative estimate of drug-likeness (QED) is 0.719. The van der Waals surface area contributed by atoms with Gasteiger partial charge in [-0.05, 0) is 38.5 Å². The van der Waals surface area contributed by atoms with Crippen LogP contribution in [-0.2, 0) is 0 Å². The molecule has 0 saturated carbocycles. The summed E-state index contributed by atoms with van der Waals surface area (Å²) in [7, 11) is 0. The van der Waals surface area contributed by atoms with Crippen LogP contribution < -0.4 is 0 Å². The van der Waals surface area contributed by atoms with Gasteiger partial charge in [0, 0.05) is 0 Å². The van der Waals surface area contributed by atoms with Gasteiger partial charge in [-0.2, -0.15) is 0 Å². The lowest BCUT2D eigenvalue weighted by atomic mass is 9.75. The van der Waals surface area contributed by atoms with Crippen molar-refractivity contribution in [3.05, 3.63) is 0 Å². The van der Waals surface area contributed by atoms with Crippen LogP contribution in [-0.4, -0.2) is 21.4 Å². The van der Waals surface area contributed by atoms with Crippen LogP contribution >= 0.6 is 0 Å². The summed E-state index contributed by atoms with van der Waals surface area (Å²) in [5.74, 6) is 0.785. The van der Waals surface area contributed by atoms with E-state index in [4.69, 9.17) is 0 Å². The molecule has 2 unspecified atom stereocenters. The average molecular weight is 202 g/mol. The monoisotopic (exact) mass is 202 g/mol. The zero-order valence-electron chi connectivity index (χ0n) is 10.5. The van der Waals surface area contributed by atoms with Crippen LogP contribution in [0.25, 0.3) is 0 Å². The van der Waals surface area contributed by atoms with Crippen LogP contribution in [0.1, 0.15) is 54.4 Å². The van der Waals surface area contributed by atoms with Gasteiger partial charge in [0.1, 0.15) is 0 Å². The van der Waals surface area contributed by atoms with E-state index in [0.29, 0.717) is 24.7 Å². The maximum Gasteiger partial charge on any atom is 0.0905 e. The number of hydrogen-bond donors (Lipinski definition) is 2. The first kappa shape index (κ1) is 13.9. The summed E-state index contributed by atoms with van der Waals surface area (Å²) in [6.45, 7) is 11.7. The molecule has 0 aromatic heterocycles. The highest BCUT2D eigenvalue weighted by Gasteiger charge is 2.41. The molecule has 2 N–H and O–H groups in total. The standard InChI is InChI=1S/C12H26O2/c1-9(2)7-11(5,13)12(6,14)8-10(3)4/h9-10,13-14H,7-8H2,1-6H3. The molecule has 0 radical (unpaired) electrons. The summed E-state index contributed by atoms with van der Waals surface area (Å²) in [5, 5.41) is 20.4. The molecule has 86 valence electrons. The van der Waals surface area contributed by atoms with Crippen molar-refractivity contribution in [2.45, 2.75) is 65.6 Å². The predicted molar refractivity (Wildman–Crippen MR) is 60.2 cm³/mol. The molecule has 14 heavy (non-hydrogen) atoms. The van der Waals surface area contributed by atoms with Crippen molar-refractivity contribution < 1.29 is 10.2 Å². The lowest BCUT2D eigenvalue weighted by Crippen LogP contribution is -2.51. The fourth-order valence-electron chi connectivity index (χ4n) is 2.03. The lowest BCUT2D eigenvalue weighted by Gasteiger charge is -2.40. The Morgan fingerprint density at radius 1 is 0.786 bits per heavy atom. The molecule has 0 amide bonds. The Kier molecular flexibility index (Phi) is 4.60. The summed E-state index contributed by atoms with van der Waals surface area (Å²) in [6.07, 6.45) is 1.26. The molecular formula is C12H26O2. The number of hydrogen-bond acceptors (Lipinski definition) is 2. The fraction of sp³-hybridized carbons (Fsp3) is 1.00. The molecule has 0 aromatic carbocycles. The van der Waals surface area contributed by atoms with Crippen LogP contribution in [0.15, 0.2) is 0 Å². The van der Waals surface area contributed by atoms with Crippen molar-refractivity contribution in [2.75, 3.05) is 0 Å². The minimum absolute atomic E-state index is 0.392. The highest BCUT2D eigenvalue weighted by molar-refractivity contribution is 4.94. The third kappa shape index (κ3) is 3.97. The SMILES string of the molecule is CC(C)CC(C)(O)C(C)(O)CC(C)C. The Morgan fingerprint density at radius 3 is 1.14 bits per heavy atom. The maximum atomic E-state index is 10.2. The Bertz CT molecular complexity index is 149. The molecule has 0 rings (SSSR count). The van der Waals surface area contributed by atoms with Gasteiger partial charge in [0.2, 0.25) is 0 Å². The summed E-state index contributed by atoms with van der Waals surface area (Å²) in [5.41, 5.74) is -1.99. The molecule has 2 nitrogen and oxygen atoms in total. The smallest absolute Gasteiger partial charge is 0.0905 e. The van der Waals surface area contributed by atoms with Crippen LogP contribution in [0.2, 0.25) is 0 Å². The van der Waals surface area contributed by atoms with E-state index in [1.54, 1.807) is 13.8 Å². The van der Waals surface area contributed by atoms with Crippen molar-refractivity contribution in [3.8, 4) is 0 Å². The lowest BCUT2D eigenvalue weighted by molar-refractivity contribution is -0.148. The minimum atomic E-state index is -0.995. The molecule has 0 saturated heterocycles. The van der Waals surface area contributed by atoms with Gasteiger partial charge in [0.15, 0.2) is 0 Å². The number of rotatable bonds is 5. The average Bonchev–Trinajstić information content (AvgIpc) is 1.78. The van der Waals surface area contributed by atoms with Gasteiger partial charge in [0.25, 0.3) is 0 Å². The van der Waals surface area contributed by atoms with E-state index < -0.39 is 11.2 Å². The molecule has 2 heteroatoms. The van der Waals surface area contributed by atoms with Gasteiger partial charge in [-0.15, -0.1) is 0 Å². The summed E-state index contributed by atoms with van der Waals surface area (Å²) >= 11 is 0. The first-order valence-corrected chi connectivity index (χ1v) is 5.53. The first-order chi connectivity index (χ1) is 6.08. The highest BCUT2D eigenvalue weighted by Crippen LogP contribution is 2.33. The molecule has 0 aliphatic carbocycles. The van der Waals surface area contributed by atoms with Crippen molar-refractivity contribution in [1.29, 1.82) is 0 Å². The molecule has 0 aliphatic heterocycles. The van der Waals surface area contributed by atoms with Gasteiger partial charge >= 0.3 is 0 Å². The fourth-order valence-corrected chi connectivity index (χ4v) is 2.03. The Hall–Kier alpha value is -0.0800. The molecule has 0 spiro atoms. The van der Waals surface area contributed by atoms with Gasteiger partial charge in [-0.1, -0.05) is 27.7 Å². The second-order valence-electron chi connectivity index (χ2n) is 5.74. The normalized spacial score (nSPS) is 21.0. The highest BCUT2D eigenvalue weighted by atomic mass is 16.4. The third-order valence-corrected chi connectivity index (χ3v) is 2.77. The third-order valence-electron chi connectivity index (χ3n) is 2.77. The first-order valence-electron chi connectivity index (χ1n) is 5.53. The van der Waals surface area contributed by atoms with Crippen molar-refractivity contribution >= 4 is 0 Å². The molecule has 0 aliphatic rings. The van der Waals surface area contributed by atoms with Crippen molar-refractivity contribution in [2.24, 2.45) is 11.8 Å². The predicted octanol–water partition coefficient (Wildman–Crippen LogP) is 2.58. The molecule has 0 fully saturated rings. The Morgan fingerprint density at radius 2 is 1.00 bits per heavy atom. The Labute approximate surface area is 88.3 Å². The van der Waals surface area contributed by atoms with E-state index in [9.17, 15) is 10.2 Å². The van der Waals surface area contributed by atoms with E-state index >= 15 is 0 Å². The molecular weight excluding hydrogens is 176 g/mol. The summed E-state index contributed by atoms with van der Waals surface area (Å²) in [4.78, 5) is 0. The topological polar surface area (TPSA) is 40.5 Å². The second-order valence-corrected chi connectivity index (χ2v) is 5.74. The van der Waals surface area contributed by atoms with Crippen LogP contribution in [0, 0.1) is 11.8 Å². The Balaban J connectivity index is 4.51. The molecule has 2 atom stereocenters. The zero-order valence-corrected chi connectivity index (χ0v) is 10.5. The zero-order chi connectivity index (χ0) is 11.6. The van der Waals surface area contributed by atoms with E-state index in [1.807, 2.05) is 0 Å². The van der Waals surface area contributed by atoms with Gasteiger partial charge in [-0.3, -0.25) is 0 Å². The summed E-state index contributed by atoms with van der Waals surface area (Å²) in [6, 6.07) is 0. The van der Waals surface area contributed by atoms with Crippen LogP contribution in [0.4, 0.5) is 0 Å². The molecule has 0 aromatic rings. The minimum Gasteiger partial charge on any atom is -0.387 e. The molecule has 0 bridgehead atoms. The molecule has 0 heterocycles. The van der Waals surface area contributed by atoms with Gasteiger partial charge in [0.05, 0.1) is 11.2 Å². The van der Waals surface area contributed by atoms with Gasteiger partial charge in [-0.25, -0.2) is 0 Å². The summed E-state index contributed by atoms with van der Waals surface area (Å²) < 4.78 is 0. The van der Waals surface area contributed by atoms with Crippen molar-refractivity contribution in [3.63, 3.8) is 0 Å².